The highest BCUT2D eigenvalue weighted by Gasteiger charge is 2.05. The van der Waals surface area contributed by atoms with E-state index in [1.54, 1.807) is 0 Å². The summed E-state index contributed by atoms with van der Waals surface area (Å²) in [5.74, 6) is 1.20. The van der Waals surface area contributed by atoms with Crippen LogP contribution in [0.1, 0.15) is 37.9 Å². The van der Waals surface area contributed by atoms with Gasteiger partial charge in [0.25, 0.3) is 0 Å². The number of hydrogen-bond donors (Lipinski definition) is 0. The molecule has 1 heterocycles. The zero-order valence-electron chi connectivity index (χ0n) is 9.59. The van der Waals surface area contributed by atoms with Crippen LogP contribution in [-0.4, -0.2) is 11.1 Å². The molecular formula is C12H18ClNO. The summed E-state index contributed by atoms with van der Waals surface area (Å²) in [6, 6.07) is 3.86. The van der Waals surface area contributed by atoms with E-state index in [0.717, 1.165) is 24.1 Å². The predicted molar refractivity (Wildman–Crippen MR) is 63.5 cm³/mol. The van der Waals surface area contributed by atoms with Gasteiger partial charge in [-0.1, -0.05) is 19.4 Å². The van der Waals surface area contributed by atoms with Crippen molar-refractivity contribution in [1.82, 2.24) is 4.98 Å². The summed E-state index contributed by atoms with van der Waals surface area (Å²) in [6.07, 6.45) is 2.40. The first-order valence-corrected chi connectivity index (χ1v) is 5.90. The number of hydrogen-bond acceptors (Lipinski definition) is 2. The molecule has 15 heavy (non-hydrogen) atoms. The third kappa shape index (κ3) is 3.71. The molecule has 1 atom stereocenters. The Morgan fingerprint density at radius 1 is 1.47 bits per heavy atom. The van der Waals surface area contributed by atoms with Crippen LogP contribution < -0.4 is 4.74 Å². The van der Waals surface area contributed by atoms with Crippen molar-refractivity contribution in [3.63, 3.8) is 0 Å². The highest BCUT2D eigenvalue weighted by molar-refractivity contribution is 6.17. The molecule has 1 rings (SSSR count). The Kier molecular flexibility index (Phi) is 4.89. The second-order valence-electron chi connectivity index (χ2n) is 3.74. The molecule has 0 fully saturated rings. The van der Waals surface area contributed by atoms with Gasteiger partial charge in [0.1, 0.15) is 0 Å². The molecule has 1 aromatic heterocycles. The van der Waals surface area contributed by atoms with Gasteiger partial charge < -0.3 is 4.74 Å². The third-order valence-electron chi connectivity index (χ3n) is 2.33. The molecule has 0 saturated heterocycles. The fraction of sp³-hybridized carbons (Fsp3) is 0.583. The molecule has 0 amide bonds. The lowest BCUT2D eigenvalue weighted by molar-refractivity contribution is 0.201. The first kappa shape index (κ1) is 12.3. The average Bonchev–Trinajstić information content (AvgIpc) is 2.18. The summed E-state index contributed by atoms with van der Waals surface area (Å²) in [4.78, 5) is 4.36. The smallest absolute Gasteiger partial charge is 0.213 e. The molecule has 3 heteroatoms. The summed E-state index contributed by atoms with van der Waals surface area (Å²) in [7, 11) is 0. The maximum Gasteiger partial charge on any atom is 0.213 e. The number of aromatic nitrogens is 1. The number of pyridine rings is 1. The average molecular weight is 228 g/mol. The van der Waals surface area contributed by atoms with E-state index in [-0.39, 0.29) is 6.10 Å². The first-order valence-electron chi connectivity index (χ1n) is 5.36. The van der Waals surface area contributed by atoms with Gasteiger partial charge in [-0.2, -0.15) is 0 Å². The van der Waals surface area contributed by atoms with E-state index in [2.05, 4.69) is 18.8 Å². The number of aryl methyl sites for hydroxylation is 1. The minimum atomic E-state index is 0.226. The lowest BCUT2D eigenvalue weighted by atomic mass is 10.2. The van der Waals surface area contributed by atoms with Gasteiger partial charge in [-0.25, -0.2) is 4.98 Å². The monoisotopic (exact) mass is 227 g/mol. The van der Waals surface area contributed by atoms with Crippen LogP contribution in [0, 0.1) is 6.92 Å². The van der Waals surface area contributed by atoms with Crippen molar-refractivity contribution in [2.75, 3.05) is 0 Å². The van der Waals surface area contributed by atoms with E-state index < -0.39 is 0 Å². The first-order chi connectivity index (χ1) is 7.17. The topological polar surface area (TPSA) is 22.1 Å². The molecule has 2 nitrogen and oxygen atoms in total. The Hall–Kier alpha value is -0.760. The summed E-state index contributed by atoms with van der Waals surface area (Å²) < 4.78 is 5.68. The molecule has 84 valence electrons. The van der Waals surface area contributed by atoms with Gasteiger partial charge in [-0.3, -0.25) is 0 Å². The molecule has 0 aliphatic rings. The van der Waals surface area contributed by atoms with E-state index >= 15 is 0 Å². The van der Waals surface area contributed by atoms with E-state index in [1.165, 1.54) is 0 Å². The number of ether oxygens (including phenoxy) is 1. The Balaban J connectivity index is 2.66. The standard InChI is InChI=1S/C12H18ClNO/c1-4-5-9(2)15-12-7-6-11(8-13)10(3)14-12/h6-7,9H,4-5,8H2,1-3H3. The van der Waals surface area contributed by atoms with Crippen LogP contribution in [0.4, 0.5) is 0 Å². The lowest BCUT2D eigenvalue weighted by Crippen LogP contribution is -2.12. The van der Waals surface area contributed by atoms with Crippen molar-refractivity contribution >= 4 is 11.6 Å². The summed E-state index contributed by atoms with van der Waals surface area (Å²) >= 11 is 5.76. The van der Waals surface area contributed by atoms with Crippen LogP contribution in [-0.2, 0) is 5.88 Å². The van der Waals surface area contributed by atoms with Crippen LogP contribution in [0.15, 0.2) is 12.1 Å². The normalized spacial score (nSPS) is 12.5. The fourth-order valence-corrected chi connectivity index (χ4v) is 1.73. The Morgan fingerprint density at radius 2 is 2.20 bits per heavy atom. The Bertz CT molecular complexity index is 314. The minimum absolute atomic E-state index is 0.226. The molecule has 0 spiro atoms. The molecule has 0 aliphatic carbocycles. The minimum Gasteiger partial charge on any atom is -0.475 e. The van der Waals surface area contributed by atoms with Crippen LogP contribution in [0.5, 0.6) is 5.88 Å². The SMILES string of the molecule is CCCC(C)Oc1ccc(CCl)c(C)n1. The number of nitrogens with zero attached hydrogens (tertiary/aromatic N) is 1. The quantitative estimate of drug-likeness (QED) is 0.716. The van der Waals surface area contributed by atoms with Gasteiger partial charge >= 0.3 is 0 Å². The summed E-state index contributed by atoms with van der Waals surface area (Å²) in [5.41, 5.74) is 2.01. The molecule has 1 unspecified atom stereocenters. The lowest BCUT2D eigenvalue weighted by Gasteiger charge is -2.13. The van der Waals surface area contributed by atoms with Crippen molar-refractivity contribution in [2.45, 2.75) is 45.6 Å². The largest absolute Gasteiger partial charge is 0.475 e. The van der Waals surface area contributed by atoms with Gasteiger partial charge in [0.05, 0.1) is 6.10 Å². The Morgan fingerprint density at radius 3 is 2.73 bits per heavy atom. The van der Waals surface area contributed by atoms with Gasteiger partial charge in [-0.15, -0.1) is 11.6 Å². The van der Waals surface area contributed by atoms with Gasteiger partial charge in [0, 0.05) is 17.6 Å². The Labute approximate surface area is 96.6 Å². The second-order valence-corrected chi connectivity index (χ2v) is 4.01. The van der Waals surface area contributed by atoms with Gasteiger partial charge in [-0.05, 0) is 25.8 Å². The molecular weight excluding hydrogens is 210 g/mol. The highest BCUT2D eigenvalue weighted by atomic mass is 35.5. The van der Waals surface area contributed by atoms with Crippen LogP contribution in [0.3, 0.4) is 0 Å². The summed E-state index contributed by atoms with van der Waals surface area (Å²) in [5, 5.41) is 0. The third-order valence-corrected chi connectivity index (χ3v) is 2.62. The summed E-state index contributed by atoms with van der Waals surface area (Å²) in [6.45, 7) is 6.17. The van der Waals surface area contributed by atoms with Crippen LogP contribution in [0.25, 0.3) is 0 Å². The molecule has 0 bridgehead atoms. The molecule has 0 aromatic carbocycles. The molecule has 0 aliphatic heterocycles. The van der Waals surface area contributed by atoms with Crippen molar-refractivity contribution in [3.8, 4) is 5.88 Å². The molecule has 0 saturated carbocycles. The predicted octanol–water partition coefficient (Wildman–Crippen LogP) is 3.70. The number of alkyl halides is 1. The van der Waals surface area contributed by atoms with E-state index in [4.69, 9.17) is 16.3 Å². The molecule has 1 aromatic rings. The zero-order valence-corrected chi connectivity index (χ0v) is 10.3. The van der Waals surface area contributed by atoms with E-state index in [9.17, 15) is 0 Å². The second kappa shape index (κ2) is 5.96. The zero-order chi connectivity index (χ0) is 11.3. The van der Waals surface area contributed by atoms with Crippen LogP contribution in [0.2, 0.25) is 0 Å². The van der Waals surface area contributed by atoms with Gasteiger partial charge in [0.15, 0.2) is 0 Å². The van der Waals surface area contributed by atoms with Crippen molar-refractivity contribution in [3.05, 3.63) is 23.4 Å². The van der Waals surface area contributed by atoms with E-state index in [0.29, 0.717) is 11.8 Å². The molecule has 0 N–H and O–H groups in total. The van der Waals surface area contributed by atoms with Crippen LogP contribution >= 0.6 is 11.6 Å². The van der Waals surface area contributed by atoms with Crippen molar-refractivity contribution in [1.29, 1.82) is 0 Å². The maximum absolute atomic E-state index is 5.76. The van der Waals surface area contributed by atoms with Crippen molar-refractivity contribution in [2.24, 2.45) is 0 Å². The molecule has 0 radical (unpaired) electrons. The maximum atomic E-state index is 5.76. The number of halogens is 1. The van der Waals surface area contributed by atoms with Gasteiger partial charge in [0.2, 0.25) is 5.88 Å². The highest BCUT2D eigenvalue weighted by Crippen LogP contribution is 2.16. The fourth-order valence-electron chi connectivity index (χ4n) is 1.45. The van der Waals surface area contributed by atoms with E-state index in [1.807, 2.05) is 19.1 Å². The van der Waals surface area contributed by atoms with Crippen molar-refractivity contribution < 1.29 is 4.74 Å². The number of rotatable bonds is 5.